The number of rotatable bonds is 8. The molecule has 0 saturated carbocycles. The zero-order valence-corrected chi connectivity index (χ0v) is 22.3. The SMILES string of the molecule is CCC1(CC)C[C@@H](NC(=O)CN(c2cc(Cl)ccc2C)S(=O)(=O)c2ccccc2)c2ccccc2O1. The van der Waals surface area contributed by atoms with Gasteiger partial charge in [-0.05, 0) is 55.7 Å². The summed E-state index contributed by atoms with van der Waals surface area (Å²) in [5, 5.41) is 3.49. The maximum absolute atomic E-state index is 13.7. The van der Waals surface area contributed by atoms with Gasteiger partial charge in [-0.15, -0.1) is 0 Å². The van der Waals surface area contributed by atoms with Gasteiger partial charge in [0.2, 0.25) is 5.91 Å². The Balaban J connectivity index is 1.68. The zero-order valence-electron chi connectivity index (χ0n) is 20.7. The monoisotopic (exact) mass is 526 g/mol. The molecule has 36 heavy (non-hydrogen) atoms. The third-order valence-corrected chi connectivity index (χ3v) is 8.89. The molecule has 0 radical (unpaired) electrons. The van der Waals surface area contributed by atoms with Crippen molar-refractivity contribution in [3.8, 4) is 5.75 Å². The average molecular weight is 527 g/mol. The third-order valence-electron chi connectivity index (χ3n) is 6.88. The number of anilines is 1. The summed E-state index contributed by atoms with van der Waals surface area (Å²) >= 11 is 6.23. The van der Waals surface area contributed by atoms with E-state index in [2.05, 4.69) is 19.2 Å². The number of aryl methyl sites for hydroxylation is 1. The number of ether oxygens (including phenoxy) is 1. The van der Waals surface area contributed by atoms with Crippen LogP contribution in [0.25, 0.3) is 0 Å². The molecule has 0 bridgehead atoms. The molecule has 1 heterocycles. The van der Waals surface area contributed by atoms with Gasteiger partial charge < -0.3 is 10.1 Å². The van der Waals surface area contributed by atoms with Gasteiger partial charge in [-0.25, -0.2) is 8.42 Å². The second-order valence-corrected chi connectivity index (χ2v) is 11.4. The first-order valence-corrected chi connectivity index (χ1v) is 13.9. The summed E-state index contributed by atoms with van der Waals surface area (Å²) in [7, 11) is -4.03. The second-order valence-electron chi connectivity index (χ2n) is 9.11. The van der Waals surface area contributed by atoms with Crippen LogP contribution in [0.2, 0.25) is 5.02 Å². The quantitative estimate of drug-likeness (QED) is 0.388. The fourth-order valence-electron chi connectivity index (χ4n) is 4.67. The van der Waals surface area contributed by atoms with Crippen LogP contribution >= 0.6 is 11.6 Å². The highest BCUT2D eigenvalue weighted by Gasteiger charge is 2.39. The highest BCUT2D eigenvalue weighted by molar-refractivity contribution is 7.92. The Hall–Kier alpha value is -3.03. The smallest absolute Gasteiger partial charge is 0.264 e. The molecular weight excluding hydrogens is 496 g/mol. The van der Waals surface area contributed by atoms with E-state index in [9.17, 15) is 13.2 Å². The first kappa shape index (κ1) is 26.0. The highest BCUT2D eigenvalue weighted by atomic mass is 35.5. The van der Waals surface area contributed by atoms with Crippen molar-refractivity contribution in [2.24, 2.45) is 0 Å². The molecule has 0 unspecified atom stereocenters. The Morgan fingerprint density at radius 3 is 2.42 bits per heavy atom. The van der Waals surface area contributed by atoms with Crippen LogP contribution in [-0.2, 0) is 14.8 Å². The van der Waals surface area contributed by atoms with E-state index in [0.717, 1.165) is 28.5 Å². The van der Waals surface area contributed by atoms with Gasteiger partial charge >= 0.3 is 0 Å². The van der Waals surface area contributed by atoms with Gasteiger partial charge in [-0.3, -0.25) is 9.10 Å². The van der Waals surface area contributed by atoms with Crippen LogP contribution in [-0.4, -0.2) is 26.5 Å². The third kappa shape index (κ3) is 5.22. The predicted molar refractivity (Wildman–Crippen MR) is 143 cm³/mol. The summed E-state index contributed by atoms with van der Waals surface area (Å²) < 4.78 is 34.9. The van der Waals surface area contributed by atoms with E-state index in [-0.39, 0.29) is 17.5 Å². The molecule has 0 aromatic heterocycles. The van der Waals surface area contributed by atoms with E-state index in [0.29, 0.717) is 22.7 Å². The maximum Gasteiger partial charge on any atom is 0.264 e. The number of nitrogens with zero attached hydrogens (tertiary/aromatic N) is 1. The molecule has 1 N–H and O–H groups in total. The van der Waals surface area contributed by atoms with Crippen LogP contribution in [0.1, 0.15) is 50.3 Å². The molecule has 1 amide bonds. The van der Waals surface area contributed by atoms with E-state index >= 15 is 0 Å². The molecule has 3 aromatic rings. The Morgan fingerprint density at radius 2 is 1.72 bits per heavy atom. The van der Waals surface area contributed by atoms with Crippen molar-refractivity contribution in [1.82, 2.24) is 5.32 Å². The van der Waals surface area contributed by atoms with Crippen molar-refractivity contribution < 1.29 is 17.9 Å². The number of benzene rings is 3. The largest absolute Gasteiger partial charge is 0.487 e. The number of hydrogen-bond donors (Lipinski definition) is 1. The van der Waals surface area contributed by atoms with Gasteiger partial charge in [0.25, 0.3) is 10.0 Å². The highest BCUT2D eigenvalue weighted by Crippen LogP contribution is 2.42. The van der Waals surface area contributed by atoms with Gasteiger partial charge in [-0.2, -0.15) is 0 Å². The molecule has 6 nitrogen and oxygen atoms in total. The Labute approximate surface area is 218 Å². The number of amides is 1. The van der Waals surface area contributed by atoms with Crippen LogP contribution in [0, 0.1) is 6.92 Å². The summed E-state index contributed by atoms with van der Waals surface area (Å²) in [5.74, 6) is 0.342. The number of sulfonamides is 1. The molecule has 0 fully saturated rings. The number of para-hydroxylation sites is 1. The topological polar surface area (TPSA) is 75.7 Å². The lowest BCUT2D eigenvalue weighted by Crippen LogP contribution is -2.47. The fourth-order valence-corrected chi connectivity index (χ4v) is 6.34. The van der Waals surface area contributed by atoms with E-state index in [1.165, 1.54) is 12.1 Å². The van der Waals surface area contributed by atoms with E-state index in [4.69, 9.17) is 16.3 Å². The van der Waals surface area contributed by atoms with Crippen LogP contribution in [0.15, 0.2) is 77.7 Å². The summed E-state index contributed by atoms with van der Waals surface area (Å²) in [6, 6.07) is 20.5. The van der Waals surface area contributed by atoms with Gasteiger partial charge in [0.05, 0.1) is 16.6 Å². The first-order chi connectivity index (χ1) is 17.2. The molecule has 1 atom stereocenters. The van der Waals surface area contributed by atoms with Crippen molar-refractivity contribution in [1.29, 1.82) is 0 Å². The number of carbonyl (C=O) groups is 1. The van der Waals surface area contributed by atoms with Crippen LogP contribution in [0.4, 0.5) is 5.69 Å². The molecule has 0 spiro atoms. The molecule has 1 aliphatic heterocycles. The minimum Gasteiger partial charge on any atom is -0.487 e. The summed E-state index contributed by atoms with van der Waals surface area (Å²) in [6.45, 7) is 5.56. The number of nitrogens with one attached hydrogen (secondary N) is 1. The first-order valence-electron chi connectivity index (χ1n) is 12.1. The lowest BCUT2D eigenvalue weighted by molar-refractivity contribution is -0.121. The molecule has 0 saturated heterocycles. The maximum atomic E-state index is 13.7. The molecule has 3 aromatic carbocycles. The molecule has 8 heteroatoms. The van der Waals surface area contributed by atoms with Crippen molar-refractivity contribution >= 4 is 33.2 Å². The van der Waals surface area contributed by atoms with E-state index in [1.807, 2.05) is 24.3 Å². The predicted octanol–water partition coefficient (Wildman–Crippen LogP) is 6.04. The summed E-state index contributed by atoms with van der Waals surface area (Å²) in [5.41, 5.74) is 1.55. The zero-order chi connectivity index (χ0) is 25.9. The van der Waals surface area contributed by atoms with E-state index < -0.39 is 21.5 Å². The van der Waals surface area contributed by atoms with Gasteiger partial charge in [0.1, 0.15) is 17.9 Å². The molecule has 0 aliphatic carbocycles. The van der Waals surface area contributed by atoms with Crippen molar-refractivity contribution in [2.75, 3.05) is 10.8 Å². The molecule has 4 rings (SSSR count). The van der Waals surface area contributed by atoms with Crippen molar-refractivity contribution in [3.05, 3.63) is 88.9 Å². The van der Waals surface area contributed by atoms with Gasteiger partial charge in [-0.1, -0.05) is 67.9 Å². The molecule has 1 aliphatic rings. The standard InChI is InChI=1S/C28H31ClN2O4S/c1-4-28(5-2)18-24(23-13-9-10-14-26(23)35-28)30-27(32)19-31(25-17-21(29)16-15-20(25)3)36(33,34)22-11-7-6-8-12-22/h6-17,24H,4-5,18-19H2,1-3H3,(H,30,32)/t24-/m1/s1. The minimum absolute atomic E-state index is 0.101. The van der Waals surface area contributed by atoms with Crippen molar-refractivity contribution in [3.63, 3.8) is 0 Å². The number of halogens is 1. The van der Waals surface area contributed by atoms with Crippen LogP contribution in [0.3, 0.4) is 0 Å². The van der Waals surface area contributed by atoms with Gasteiger partial charge in [0.15, 0.2) is 0 Å². The lowest BCUT2D eigenvalue weighted by atomic mass is 9.83. The van der Waals surface area contributed by atoms with E-state index in [1.54, 1.807) is 43.3 Å². The summed E-state index contributed by atoms with van der Waals surface area (Å²) in [6.07, 6.45) is 2.19. The van der Waals surface area contributed by atoms with Gasteiger partial charge in [0, 0.05) is 17.0 Å². The number of carbonyl (C=O) groups excluding carboxylic acids is 1. The Kier molecular flexibility index (Phi) is 7.62. The van der Waals surface area contributed by atoms with Crippen LogP contribution in [0.5, 0.6) is 5.75 Å². The van der Waals surface area contributed by atoms with Crippen molar-refractivity contribution in [2.45, 2.75) is 56.6 Å². The normalized spacial score (nSPS) is 16.5. The number of hydrogen-bond acceptors (Lipinski definition) is 4. The second kappa shape index (κ2) is 10.5. The number of fused-ring (bicyclic) bond motifs is 1. The Morgan fingerprint density at radius 1 is 1.06 bits per heavy atom. The fraction of sp³-hybridized carbons (Fsp3) is 0.321. The molecular formula is C28H31ClN2O4S. The minimum atomic E-state index is -4.03. The lowest BCUT2D eigenvalue weighted by Gasteiger charge is -2.41. The average Bonchev–Trinajstić information content (AvgIpc) is 2.89. The Bertz CT molecular complexity index is 1340. The summed E-state index contributed by atoms with van der Waals surface area (Å²) in [4.78, 5) is 13.6. The molecule has 190 valence electrons. The van der Waals surface area contributed by atoms with Crippen LogP contribution < -0.4 is 14.4 Å².